The number of hydrogen-bond acceptors (Lipinski definition) is 7. The minimum atomic E-state index is 0.321. The van der Waals surface area contributed by atoms with E-state index in [9.17, 15) is 0 Å². The summed E-state index contributed by atoms with van der Waals surface area (Å²) < 4.78 is 6.33. The maximum absolute atomic E-state index is 6.33. The number of anilines is 2. The van der Waals surface area contributed by atoms with Crippen LogP contribution in [0.1, 0.15) is 54.6 Å². The zero-order valence-corrected chi connectivity index (χ0v) is 22.5. The van der Waals surface area contributed by atoms with Crippen molar-refractivity contribution in [2.75, 3.05) is 36.5 Å². The third-order valence-corrected chi connectivity index (χ3v) is 7.60. The Bertz CT molecular complexity index is 1390. The van der Waals surface area contributed by atoms with Gasteiger partial charge < -0.3 is 20.3 Å². The summed E-state index contributed by atoms with van der Waals surface area (Å²) >= 11 is 0. The van der Waals surface area contributed by atoms with Gasteiger partial charge in [0.2, 0.25) is 5.95 Å². The lowest BCUT2D eigenvalue weighted by Gasteiger charge is -2.30. The van der Waals surface area contributed by atoms with E-state index in [1.54, 1.807) is 0 Å². The highest BCUT2D eigenvalue weighted by Gasteiger charge is 2.26. The molecule has 7 heteroatoms. The summed E-state index contributed by atoms with van der Waals surface area (Å²) in [7, 11) is 0. The lowest BCUT2D eigenvalue weighted by molar-refractivity contribution is 0.329. The number of nitrogens with one attached hydrogen (secondary N) is 2. The second-order valence-corrected chi connectivity index (χ2v) is 10.9. The van der Waals surface area contributed by atoms with Crippen molar-refractivity contribution >= 4 is 23.2 Å². The van der Waals surface area contributed by atoms with Gasteiger partial charge in [0, 0.05) is 48.6 Å². The first-order valence-corrected chi connectivity index (χ1v) is 13.4. The van der Waals surface area contributed by atoms with Crippen molar-refractivity contribution in [2.45, 2.75) is 59.5 Å². The van der Waals surface area contributed by atoms with E-state index in [1.807, 2.05) is 0 Å². The Morgan fingerprint density at radius 1 is 1.03 bits per heavy atom. The van der Waals surface area contributed by atoms with Gasteiger partial charge in [-0.15, -0.1) is 0 Å². The SMILES string of the molecule is CC1=Nc2cc(-c3cc(C)c4c(c3)CN(c3nc(NC5CNC5)nc(C)c3C(C)C)CCO4)ccc2C1. The van der Waals surface area contributed by atoms with E-state index in [1.165, 1.54) is 33.5 Å². The molecule has 4 heterocycles. The van der Waals surface area contributed by atoms with Gasteiger partial charge in [-0.1, -0.05) is 26.0 Å². The first-order chi connectivity index (χ1) is 17.9. The summed E-state index contributed by atoms with van der Waals surface area (Å²) in [5, 5.41) is 6.82. The molecule has 7 nitrogen and oxygen atoms in total. The fourth-order valence-corrected chi connectivity index (χ4v) is 5.70. The fourth-order valence-electron chi connectivity index (χ4n) is 5.70. The summed E-state index contributed by atoms with van der Waals surface area (Å²) in [6.07, 6.45) is 0.951. The number of nitrogens with zero attached hydrogens (tertiary/aromatic N) is 4. The molecule has 2 aromatic carbocycles. The summed E-state index contributed by atoms with van der Waals surface area (Å²) in [5.41, 5.74) is 10.6. The Hall–Kier alpha value is -3.45. The van der Waals surface area contributed by atoms with E-state index < -0.39 is 0 Å². The van der Waals surface area contributed by atoms with E-state index in [4.69, 9.17) is 19.7 Å². The molecule has 37 heavy (non-hydrogen) atoms. The average Bonchev–Trinajstić information content (AvgIpc) is 3.06. The van der Waals surface area contributed by atoms with Gasteiger partial charge in [-0.25, -0.2) is 4.98 Å². The predicted molar refractivity (Wildman–Crippen MR) is 151 cm³/mol. The number of hydrogen-bond donors (Lipinski definition) is 2. The number of aryl methyl sites for hydroxylation is 2. The van der Waals surface area contributed by atoms with E-state index in [0.717, 1.165) is 61.1 Å². The van der Waals surface area contributed by atoms with E-state index in [2.05, 4.69) is 80.5 Å². The molecule has 1 saturated heterocycles. The van der Waals surface area contributed by atoms with Crippen molar-refractivity contribution in [3.05, 3.63) is 58.3 Å². The van der Waals surface area contributed by atoms with Crippen molar-refractivity contribution < 1.29 is 4.74 Å². The van der Waals surface area contributed by atoms with Crippen LogP contribution < -0.4 is 20.3 Å². The summed E-state index contributed by atoms with van der Waals surface area (Å²) in [5.74, 6) is 3.05. The molecule has 0 unspecified atom stereocenters. The second-order valence-electron chi connectivity index (χ2n) is 10.9. The molecule has 192 valence electrons. The molecule has 6 rings (SSSR count). The second kappa shape index (κ2) is 9.45. The lowest BCUT2D eigenvalue weighted by atomic mass is 9.97. The molecule has 1 fully saturated rings. The van der Waals surface area contributed by atoms with Crippen LogP contribution >= 0.6 is 0 Å². The summed E-state index contributed by atoms with van der Waals surface area (Å²) in [6, 6.07) is 11.6. The first-order valence-electron chi connectivity index (χ1n) is 13.4. The molecule has 0 atom stereocenters. The van der Waals surface area contributed by atoms with Gasteiger partial charge in [-0.2, -0.15) is 4.98 Å². The number of aromatic nitrogens is 2. The molecular weight excluding hydrogens is 460 g/mol. The van der Waals surface area contributed by atoms with Gasteiger partial charge in [0.1, 0.15) is 18.2 Å². The number of aliphatic imine (C=N–C) groups is 1. The Labute approximate surface area is 219 Å². The zero-order valence-electron chi connectivity index (χ0n) is 22.5. The minimum Gasteiger partial charge on any atom is -0.491 e. The van der Waals surface area contributed by atoms with Crippen molar-refractivity contribution in [3.63, 3.8) is 0 Å². The van der Waals surface area contributed by atoms with E-state index in [-0.39, 0.29) is 0 Å². The van der Waals surface area contributed by atoms with Gasteiger partial charge in [0.05, 0.1) is 18.3 Å². The third kappa shape index (κ3) is 4.57. The Kier molecular flexibility index (Phi) is 6.11. The van der Waals surface area contributed by atoms with Gasteiger partial charge >= 0.3 is 0 Å². The number of fused-ring (bicyclic) bond motifs is 2. The van der Waals surface area contributed by atoms with Crippen molar-refractivity contribution in [1.29, 1.82) is 0 Å². The van der Waals surface area contributed by atoms with Gasteiger partial charge in [-0.3, -0.25) is 4.99 Å². The topological polar surface area (TPSA) is 74.7 Å². The van der Waals surface area contributed by atoms with Crippen LogP contribution in [0, 0.1) is 13.8 Å². The minimum absolute atomic E-state index is 0.321. The van der Waals surface area contributed by atoms with Crippen LogP contribution in [0.25, 0.3) is 11.1 Å². The standard InChI is InChI=1S/C30H36N6O/c1-17(2)27-20(5)33-30(34-25-14-31-15-25)35-29(27)36-8-9-37-28-18(3)10-23(12-24(28)16-36)21-6-7-22-11-19(4)32-26(22)13-21/h6-7,10,12-13,17,25,31H,8-9,11,14-16H2,1-5H3,(H,33,34,35). The summed E-state index contributed by atoms with van der Waals surface area (Å²) in [4.78, 5) is 17.0. The van der Waals surface area contributed by atoms with Gasteiger partial charge in [0.15, 0.2) is 0 Å². The largest absolute Gasteiger partial charge is 0.491 e. The Morgan fingerprint density at radius 3 is 2.62 bits per heavy atom. The van der Waals surface area contributed by atoms with Crippen LogP contribution in [0.4, 0.5) is 17.5 Å². The van der Waals surface area contributed by atoms with Crippen molar-refractivity contribution in [3.8, 4) is 16.9 Å². The molecule has 3 aromatic rings. The lowest BCUT2D eigenvalue weighted by Crippen LogP contribution is -2.51. The predicted octanol–water partition coefficient (Wildman–Crippen LogP) is 5.32. The van der Waals surface area contributed by atoms with Gasteiger partial charge in [0.25, 0.3) is 0 Å². The average molecular weight is 497 g/mol. The molecule has 0 bridgehead atoms. The Balaban J connectivity index is 1.37. The maximum Gasteiger partial charge on any atom is 0.225 e. The molecule has 3 aliphatic heterocycles. The molecule has 0 spiro atoms. The monoisotopic (exact) mass is 496 g/mol. The molecule has 0 saturated carbocycles. The highest BCUT2D eigenvalue weighted by Crippen LogP contribution is 2.38. The molecule has 3 aliphatic rings. The van der Waals surface area contributed by atoms with Crippen LogP contribution in [0.2, 0.25) is 0 Å². The molecule has 1 aromatic heterocycles. The van der Waals surface area contributed by atoms with Crippen LogP contribution in [0.3, 0.4) is 0 Å². The van der Waals surface area contributed by atoms with Gasteiger partial charge in [-0.05, 0) is 67.1 Å². The fraction of sp³-hybridized carbons (Fsp3) is 0.433. The van der Waals surface area contributed by atoms with E-state index in [0.29, 0.717) is 24.5 Å². The highest BCUT2D eigenvalue weighted by molar-refractivity contribution is 5.93. The smallest absolute Gasteiger partial charge is 0.225 e. The normalized spacial score (nSPS) is 17.0. The number of ether oxygens (including phenoxy) is 1. The highest BCUT2D eigenvalue weighted by atomic mass is 16.5. The molecule has 0 radical (unpaired) electrons. The summed E-state index contributed by atoms with van der Waals surface area (Å²) in [6.45, 7) is 14.8. The van der Waals surface area contributed by atoms with Crippen LogP contribution in [0.15, 0.2) is 35.3 Å². The maximum atomic E-state index is 6.33. The zero-order chi connectivity index (χ0) is 25.7. The third-order valence-electron chi connectivity index (χ3n) is 7.60. The molecule has 0 aliphatic carbocycles. The van der Waals surface area contributed by atoms with Crippen molar-refractivity contribution in [1.82, 2.24) is 15.3 Å². The van der Waals surface area contributed by atoms with Crippen LogP contribution in [-0.4, -0.2) is 48.0 Å². The molecule has 2 N–H and O–H groups in total. The number of rotatable bonds is 5. The molecular formula is C30H36N6O. The quantitative estimate of drug-likeness (QED) is 0.498. The Morgan fingerprint density at radius 2 is 1.86 bits per heavy atom. The van der Waals surface area contributed by atoms with Crippen LogP contribution in [0.5, 0.6) is 5.75 Å². The number of benzene rings is 2. The van der Waals surface area contributed by atoms with E-state index >= 15 is 0 Å². The first kappa shape index (κ1) is 23.9. The van der Waals surface area contributed by atoms with Crippen LogP contribution in [-0.2, 0) is 13.0 Å². The van der Waals surface area contributed by atoms with Crippen molar-refractivity contribution in [2.24, 2.45) is 4.99 Å². The molecule has 0 amide bonds.